The molecule has 0 N–H and O–H groups in total. The highest BCUT2D eigenvalue weighted by molar-refractivity contribution is 7.98. The number of thioether (sulfide) groups is 1. The van der Waals surface area contributed by atoms with Crippen molar-refractivity contribution in [3.05, 3.63) is 0 Å². The van der Waals surface area contributed by atoms with Crippen molar-refractivity contribution in [2.75, 3.05) is 38.2 Å². The zero-order valence-electron chi connectivity index (χ0n) is 11.3. The Bertz CT molecular complexity index is 192. The molecule has 0 bridgehead atoms. The van der Waals surface area contributed by atoms with Gasteiger partial charge in [0.15, 0.2) is 0 Å². The second kappa shape index (κ2) is 6.87. The number of hydrogen-bond donors (Lipinski definition) is 0. The number of rotatable bonds is 9. The molecule has 0 heterocycles. The van der Waals surface area contributed by atoms with Crippen molar-refractivity contribution in [3.63, 3.8) is 0 Å². The quantitative estimate of drug-likeness (QED) is 0.620. The average Bonchev–Trinajstić information content (AvgIpc) is 3.02. The molecule has 96 valence electrons. The van der Waals surface area contributed by atoms with Gasteiger partial charge in [0.25, 0.3) is 0 Å². The zero-order chi connectivity index (χ0) is 12.0. The van der Waals surface area contributed by atoms with E-state index in [4.69, 9.17) is 4.74 Å². The van der Waals surface area contributed by atoms with Gasteiger partial charge in [0, 0.05) is 24.3 Å². The normalized spacial score (nSPS) is 18.4. The van der Waals surface area contributed by atoms with Crippen LogP contribution in [0.5, 0.6) is 0 Å². The number of ether oxygens (including phenoxy) is 1. The van der Waals surface area contributed by atoms with Gasteiger partial charge in [-0.2, -0.15) is 11.8 Å². The summed E-state index contributed by atoms with van der Waals surface area (Å²) < 4.78 is 5.79. The molecule has 0 amide bonds. The summed E-state index contributed by atoms with van der Waals surface area (Å²) in [4.78, 5) is 2.58. The smallest absolute Gasteiger partial charge is 0.0538 e. The third kappa shape index (κ3) is 5.07. The van der Waals surface area contributed by atoms with Gasteiger partial charge in [-0.1, -0.05) is 6.92 Å². The van der Waals surface area contributed by atoms with Gasteiger partial charge in [0.2, 0.25) is 0 Å². The highest BCUT2D eigenvalue weighted by atomic mass is 32.2. The van der Waals surface area contributed by atoms with Gasteiger partial charge in [0.1, 0.15) is 0 Å². The van der Waals surface area contributed by atoms with Gasteiger partial charge in [-0.25, -0.2) is 0 Å². The fourth-order valence-electron chi connectivity index (χ4n) is 1.91. The van der Waals surface area contributed by atoms with Crippen LogP contribution in [0.25, 0.3) is 0 Å². The zero-order valence-corrected chi connectivity index (χ0v) is 12.1. The Morgan fingerprint density at radius 2 is 2.06 bits per heavy atom. The fraction of sp³-hybridized carbons (Fsp3) is 1.00. The maximum Gasteiger partial charge on any atom is 0.0538 e. The maximum atomic E-state index is 5.79. The molecule has 1 aliphatic rings. The van der Waals surface area contributed by atoms with Gasteiger partial charge >= 0.3 is 0 Å². The van der Waals surface area contributed by atoms with Crippen molar-refractivity contribution in [3.8, 4) is 0 Å². The van der Waals surface area contributed by atoms with Gasteiger partial charge < -0.3 is 9.64 Å². The molecular weight excluding hydrogens is 218 g/mol. The lowest BCUT2D eigenvalue weighted by molar-refractivity contribution is 0.0322. The summed E-state index contributed by atoms with van der Waals surface area (Å²) in [6.45, 7) is 11.1. The predicted molar refractivity (Wildman–Crippen MR) is 73.3 cm³/mol. The predicted octanol–water partition coefficient (Wildman–Crippen LogP) is 2.88. The van der Waals surface area contributed by atoms with Crippen LogP contribution in [0, 0.1) is 5.41 Å². The standard InChI is InChI=1S/C13H27NOS/c1-5-14(8-9-16-4)10-13(6-7-13)11-15-12(2)3/h12H,5-11H2,1-4H3. The number of hydrogen-bond acceptors (Lipinski definition) is 3. The molecule has 0 saturated heterocycles. The summed E-state index contributed by atoms with van der Waals surface area (Å²) in [5.74, 6) is 1.24. The van der Waals surface area contributed by atoms with Crippen LogP contribution in [0.3, 0.4) is 0 Å². The van der Waals surface area contributed by atoms with Crippen molar-refractivity contribution in [1.82, 2.24) is 4.90 Å². The van der Waals surface area contributed by atoms with Gasteiger partial charge in [-0.3, -0.25) is 0 Å². The van der Waals surface area contributed by atoms with Crippen molar-refractivity contribution in [1.29, 1.82) is 0 Å². The van der Waals surface area contributed by atoms with Crippen molar-refractivity contribution >= 4 is 11.8 Å². The van der Waals surface area contributed by atoms with E-state index in [2.05, 4.69) is 31.9 Å². The van der Waals surface area contributed by atoms with Crippen LogP contribution in [0.1, 0.15) is 33.6 Å². The van der Waals surface area contributed by atoms with E-state index in [0.29, 0.717) is 11.5 Å². The maximum absolute atomic E-state index is 5.79. The van der Waals surface area contributed by atoms with E-state index in [1.807, 2.05) is 11.8 Å². The minimum Gasteiger partial charge on any atom is -0.378 e. The lowest BCUT2D eigenvalue weighted by Crippen LogP contribution is -2.34. The first-order chi connectivity index (χ1) is 7.62. The van der Waals surface area contributed by atoms with E-state index in [1.54, 1.807) is 0 Å². The molecule has 0 radical (unpaired) electrons. The molecule has 0 spiro atoms. The minimum atomic E-state index is 0.374. The van der Waals surface area contributed by atoms with Crippen molar-refractivity contribution < 1.29 is 4.74 Å². The third-order valence-corrected chi connectivity index (χ3v) is 3.89. The fourth-order valence-corrected chi connectivity index (χ4v) is 2.35. The SMILES string of the molecule is CCN(CCSC)CC1(COC(C)C)CC1. The van der Waals surface area contributed by atoms with Crippen molar-refractivity contribution in [2.24, 2.45) is 5.41 Å². The monoisotopic (exact) mass is 245 g/mol. The minimum absolute atomic E-state index is 0.374. The van der Waals surface area contributed by atoms with Crippen LogP contribution < -0.4 is 0 Å². The highest BCUT2D eigenvalue weighted by Gasteiger charge is 2.43. The molecule has 0 aromatic heterocycles. The Morgan fingerprint density at radius 1 is 1.38 bits per heavy atom. The molecule has 0 aromatic rings. The van der Waals surface area contributed by atoms with Crippen LogP contribution >= 0.6 is 11.8 Å². The summed E-state index contributed by atoms with van der Waals surface area (Å²) in [5, 5.41) is 0. The summed E-state index contributed by atoms with van der Waals surface area (Å²) in [5.41, 5.74) is 0.499. The Hall–Kier alpha value is 0.270. The second-order valence-corrected chi connectivity index (χ2v) is 6.21. The molecule has 2 nitrogen and oxygen atoms in total. The van der Waals surface area contributed by atoms with E-state index in [9.17, 15) is 0 Å². The van der Waals surface area contributed by atoms with Gasteiger partial charge in [0.05, 0.1) is 12.7 Å². The van der Waals surface area contributed by atoms with E-state index in [0.717, 1.165) is 6.61 Å². The molecule has 1 fully saturated rings. The Labute approximate surface area is 105 Å². The second-order valence-electron chi connectivity index (χ2n) is 5.22. The average molecular weight is 245 g/mol. The molecule has 1 aliphatic carbocycles. The lowest BCUT2D eigenvalue weighted by atomic mass is 10.1. The molecule has 3 heteroatoms. The molecule has 1 rings (SSSR count). The van der Waals surface area contributed by atoms with E-state index in [-0.39, 0.29) is 0 Å². The molecule has 0 aromatic carbocycles. The summed E-state index contributed by atoms with van der Waals surface area (Å²) in [6, 6.07) is 0. The highest BCUT2D eigenvalue weighted by Crippen LogP contribution is 2.46. The Kier molecular flexibility index (Phi) is 6.16. The topological polar surface area (TPSA) is 12.5 Å². The van der Waals surface area contributed by atoms with Crippen LogP contribution in [0.2, 0.25) is 0 Å². The van der Waals surface area contributed by atoms with Crippen molar-refractivity contribution in [2.45, 2.75) is 39.7 Å². The first-order valence-corrected chi connectivity index (χ1v) is 7.84. The first kappa shape index (κ1) is 14.3. The lowest BCUT2D eigenvalue weighted by Gasteiger charge is -2.26. The summed E-state index contributed by atoms with van der Waals surface area (Å²) in [7, 11) is 0. The van der Waals surface area contributed by atoms with E-state index >= 15 is 0 Å². The van der Waals surface area contributed by atoms with Gasteiger partial charge in [-0.05, 0) is 39.5 Å². The molecule has 0 atom stereocenters. The molecule has 16 heavy (non-hydrogen) atoms. The molecule has 0 aliphatic heterocycles. The van der Waals surface area contributed by atoms with Crippen LogP contribution in [-0.4, -0.2) is 49.3 Å². The van der Waals surface area contributed by atoms with Crippen LogP contribution in [0.4, 0.5) is 0 Å². The van der Waals surface area contributed by atoms with E-state index in [1.165, 1.54) is 38.2 Å². The Balaban J connectivity index is 2.27. The Morgan fingerprint density at radius 3 is 2.50 bits per heavy atom. The van der Waals surface area contributed by atoms with Crippen LogP contribution in [-0.2, 0) is 4.74 Å². The van der Waals surface area contributed by atoms with E-state index < -0.39 is 0 Å². The molecule has 1 saturated carbocycles. The third-order valence-electron chi connectivity index (χ3n) is 3.30. The molecular formula is C13H27NOS. The summed E-state index contributed by atoms with van der Waals surface area (Å²) >= 11 is 1.94. The first-order valence-electron chi connectivity index (χ1n) is 6.45. The summed E-state index contributed by atoms with van der Waals surface area (Å²) in [6.07, 6.45) is 5.27. The largest absolute Gasteiger partial charge is 0.378 e. The van der Waals surface area contributed by atoms with Crippen LogP contribution in [0.15, 0.2) is 0 Å². The molecule has 0 unspecified atom stereocenters. The van der Waals surface area contributed by atoms with Gasteiger partial charge in [-0.15, -0.1) is 0 Å². The number of nitrogens with zero attached hydrogens (tertiary/aromatic N) is 1.